The maximum atomic E-state index is 5.74. The smallest absolute Gasteiger partial charge is 0.150 e. The van der Waals surface area contributed by atoms with Gasteiger partial charge in [-0.05, 0) is 41.3 Å². The molecular formula is C11H12BrN3O. The summed E-state index contributed by atoms with van der Waals surface area (Å²) in [6.07, 6.45) is 7.00. The van der Waals surface area contributed by atoms with E-state index in [9.17, 15) is 0 Å². The second-order valence-corrected chi connectivity index (χ2v) is 4.79. The number of halogens is 1. The molecule has 1 saturated heterocycles. The molecule has 5 heteroatoms. The van der Waals surface area contributed by atoms with Crippen molar-refractivity contribution in [1.82, 2.24) is 14.8 Å². The molecule has 16 heavy (non-hydrogen) atoms. The number of fused-ring (bicyclic) bond motifs is 1. The zero-order valence-electron chi connectivity index (χ0n) is 8.77. The summed E-state index contributed by atoms with van der Waals surface area (Å²) < 4.78 is 8.69. The minimum Gasteiger partial charge on any atom is -0.356 e. The lowest BCUT2D eigenvalue weighted by Crippen LogP contribution is -2.19. The van der Waals surface area contributed by atoms with Crippen molar-refractivity contribution in [3.8, 4) is 0 Å². The first-order valence-electron chi connectivity index (χ1n) is 5.45. The van der Waals surface area contributed by atoms with Crippen molar-refractivity contribution in [3.63, 3.8) is 0 Å². The molecule has 0 spiro atoms. The van der Waals surface area contributed by atoms with Crippen molar-refractivity contribution in [2.24, 2.45) is 0 Å². The van der Waals surface area contributed by atoms with Gasteiger partial charge in [0.1, 0.15) is 11.0 Å². The lowest BCUT2D eigenvalue weighted by atomic mass is 10.2. The number of nitrogens with zero attached hydrogens (tertiary/aromatic N) is 3. The highest BCUT2D eigenvalue weighted by molar-refractivity contribution is 9.10. The van der Waals surface area contributed by atoms with Gasteiger partial charge in [-0.25, -0.2) is 4.68 Å². The summed E-state index contributed by atoms with van der Waals surface area (Å²) in [6, 6.07) is 1.93. The molecule has 3 heterocycles. The molecule has 1 aliphatic heterocycles. The van der Waals surface area contributed by atoms with Crippen molar-refractivity contribution in [1.29, 1.82) is 0 Å². The predicted octanol–water partition coefficient (Wildman–Crippen LogP) is 2.89. The minimum absolute atomic E-state index is 0.0618. The molecule has 0 aromatic carbocycles. The Morgan fingerprint density at radius 2 is 2.38 bits per heavy atom. The number of pyridine rings is 1. The van der Waals surface area contributed by atoms with Gasteiger partial charge in [-0.1, -0.05) is 0 Å². The first-order chi connectivity index (χ1) is 7.86. The van der Waals surface area contributed by atoms with E-state index >= 15 is 0 Å². The fourth-order valence-electron chi connectivity index (χ4n) is 2.08. The van der Waals surface area contributed by atoms with E-state index < -0.39 is 0 Å². The maximum Gasteiger partial charge on any atom is 0.150 e. The third-order valence-corrected chi connectivity index (χ3v) is 3.51. The summed E-state index contributed by atoms with van der Waals surface area (Å²) in [7, 11) is 0. The predicted molar refractivity (Wildman–Crippen MR) is 64.1 cm³/mol. The Bertz CT molecular complexity index is 505. The molecule has 1 fully saturated rings. The Balaban J connectivity index is 2.09. The molecular weight excluding hydrogens is 270 g/mol. The van der Waals surface area contributed by atoms with E-state index in [1.807, 2.05) is 10.7 Å². The van der Waals surface area contributed by atoms with Gasteiger partial charge < -0.3 is 4.74 Å². The molecule has 1 aliphatic rings. The van der Waals surface area contributed by atoms with Crippen molar-refractivity contribution in [2.75, 3.05) is 6.61 Å². The molecule has 1 atom stereocenters. The van der Waals surface area contributed by atoms with Crippen LogP contribution in [0.2, 0.25) is 0 Å². The average Bonchev–Trinajstić information content (AvgIpc) is 2.75. The SMILES string of the molecule is Brc1ccnc2cnn([C@@H]3CCCCO3)c12. The second kappa shape index (κ2) is 4.14. The van der Waals surface area contributed by atoms with E-state index in [-0.39, 0.29) is 6.23 Å². The van der Waals surface area contributed by atoms with Gasteiger partial charge in [-0.2, -0.15) is 5.10 Å². The highest BCUT2D eigenvalue weighted by Gasteiger charge is 2.19. The van der Waals surface area contributed by atoms with Crippen LogP contribution >= 0.6 is 15.9 Å². The van der Waals surface area contributed by atoms with Crippen LogP contribution in [-0.4, -0.2) is 21.4 Å². The molecule has 0 saturated carbocycles. The lowest BCUT2D eigenvalue weighted by Gasteiger charge is -2.23. The zero-order valence-corrected chi connectivity index (χ0v) is 10.4. The summed E-state index contributed by atoms with van der Waals surface area (Å²) in [6.45, 7) is 0.823. The third kappa shape index (κ3) is 1.64. The van der Waals surface area contributed by atoms with Crippen molar-refractivity contribution in [3.05, 3.63) is 22.9 Å². The van der Waals surface area contributed by atoms with Crippen LogP contribution in [0.4, 0.5) is 0 Å². The van der Waals surface area contributed by atoms with Gasteiger partial charge in [-0.3, -0.25) is 4.98 Å². The van der Waals surface area contributed by atoms with Crippen molar-refractivity contribution >= 4 is 27.0 Å². The van der Waals surface area contributed by atoms with E-state index in [1.54, 1.807) is 12.4 Å². The van der Waals surface area contributed by atoms with Crippen molar-refractivity contribution in [2.45, 2.75) is 25.5 Å². The van der Waals surface area contributed by atoms with Crippen LogP contribution in [0.3, 0.4) is 0 Å². The third-order valence-electron chi connectivity index (χ3n) is 2.87. The van der Waals surface area contributed by atoms with Crippen LogP contribution in [0.25, 0.3) is 11.0 Å². The highest BCUT2D eigenvalue weighted by atomic mass is 79.9. The van der Waals surface area contributed by atoms with E-state index in [0.717, 1.165) is 35.0 Å². The topological polar surface area (TPSA) is 39.9 Å². The summed E-state index contributed by atoms with van der Waals surface area (Å²) in [5.41, 5.74) is 1.93. The minimum atomic E-state index is 0.0618. The molecule has 0 bridgehead atoms. The van der Waals surface area contributed by atoms with Gasteiger partial charge in [0.2, 0.25) is 0 Å². The second-order valence-electron chi connectivity index (χ2n) is 3.94. The van der Waals surface area contributed by atoms with Gasteiger partial charge in [-0.15, -0.1) is 0 Å². The Hall–Kier alpha value is -0.940. The fourth-order valence-corrected chi connectivity index (χ4v) is 2.58. The summed E-state index contributed by atoms with van der Waals surface area (Å²) in [5.74, 6) is 0. The monoisotopic (exact) mass is 281 g/mol. The van der Waals surface area contributed by atoms with E-state index in [1.165, 1.54) is 6.42 Å². The first kappa shape index (κ1) is 10.2. The summed E-state index contributed by atoms with van der Waals surface area (Å²) in [5, 5.41) is 4.38. The van der Waals surface area contributed by atoms with Gasteiger partial charge in [0.15, 0.2) is 6.23 Å². The molecule has 0 unspecified atom stereocenters. The Morgan fingerprint density at radius 3 is 3.19 bits per heavy atom. The zero-order chi connectivity index (χ0) is 11.0. The molecule has 4 nitrogen and oxygen atoms in total. The quantitative estimate of drug-likeness (QED) is 0.807. The average molecular weight is 282 g/mol. The molecule has 3 rings (SSSR count). The molecule has 0 aliphatic carbocycles. The number of rotatable bonds is 1. The maximum absolute atomic E-state index is 5.74. The van der Waals surface area contributed by atoms with Crippen LogP contribution in [0.15, 0.2) is 22.9 Å². The molecule has 0 amide bonds. The number of hydrogen-bond acceptors (Lipinski definition) is 3. The summed E-state index contributed by atoms with van der Waals surface area (Å²) >= 11 is 3.54. The first-order valence-corrected chi connectivity index (χ1v) is 6.25. The Morgan fingerprint density at radius 1 is 1.44 bits per heavy atom. The van der Waals surface area contributed by atoms with Crippen LogP contribution in [0, 0.1) is 0 Å². The molecule has 0 N–H and O–H groups in total. The van der Waals surface area contributed by atoms with Gasteiger partial charge >= 0.3 is 0 Å². The van der Waals surface area contributed by atoms with Crippen LogP contribution in [0.5, 0.6) is 0 Å². The fraction of sp³-hybridized carbons (Fsp3) is 0.455. The number of hydrogen-bond donors (Lipinski definition) is 0. The normalized spacial score (nSPS) is 21.4. The standard InChI is InChI=1S/C11H12BrN3O/c12-8-4-5-13-9-7-14-15(11(8)9)10-3-1-2-6-16-10/h4-5,7,10H,1-3,6H2/t10-/m0/s1. The van der Waals surface area contributed by atoms with E-state index in [0.29, 0.717) is 0 Å². The number of aromatic nitrogens is 3. The van der Waals surface area contributed by atoms with E-state index in [4.69, 9.17) is 4.74 Å². The van der Waals surface area contributed by atoms with Crippen molar-refractivity contribution < 1.29 is 4.74 Å². The van der Waals surface area contributed by atoms with Gasteiger partial charge in [0.25, 0.3) is 0 Å². The van der Waals surface area contributed by atoms with Gasteiger partial charge in [0, 0.05) is 17.3 Å². The largest absolute Gasteiger partial charge is 0.356 e. The summed E-state index contributed by atoms with van der Waals surface area (Å²) in [4.78, 5) is 4.29. The lowest BCUT2D eigenvalue weighted by molar-refractivity contribution is -0.0367. The van der Waals surface area contributed by atoms with E-state index in [2.05, 4.69) is 26.0 Å². The Kier molecular flexibility index (Phi) is 2.65. The van der Waals surface area contributed by atoms with Crippen LogP contribution < -0.4 is 0 Å². The van der Waals surface area contributed by atoms with Crippen LogP contribution in [0.1, 0.15) is 25.5 Å². The van der Waals surface area contributed by atoms with Gasteiger partial charge in [0.05, 0.1) is 6.20 Å². The van der Waals surface area contributed by atoms with Crippen LogP contribution in [-0.2, 0) is 4.74 Å². The molecule has 0 radical (unpaired) electrons. The Labute approximate surface area is 102 Å². The number of ether oxygens (including phenoxy) is 1. The highest BCUT2D eigenvalue weighted by Crippen LogP contribution is 2.29. The molecule has 2 aromatic heterocycles. The molecule has 2 aromatic rings. The molecule has 84 valence electrons.